The van der Waals surface area contributed by atoms with Crippen molar-refractivity contribution >= 4 is 37.3 Å². The van der Waals surface area contributed by atoms with Crippen LogP contribution in [0.2, 0.25) is 0 Å². The number of rotatable bonds is 6. The molecule has 1 saturated heterocycles. The van der Waals surface area contributed by atoms with Gasteiger partial charge in [-0.15, -0.1) is 0 Å². The van der Waals surface area contributed by atoms with Crippen LogP contribution in [0.25, 0.3) is 0 Å². The van der Waals surface area contributed by atoms with Crippen LogP contribution in [0.4, 0.5) is 11.4 Å². The van der Waals surface area contributed by atoms with Crippen LogP contribution in [0.1, 0.15) is 17.5 Å². The molecule has 2 aromatic carbocycles. The Morgan fingerprint density at radius 2 is 1.67 bits per heavy atom. The highest BCUT2D eigenvalue weighted by Gasteiger charge is 2.37. The molecule has 0 atom stereocenters. The maximum atomic E-state index is 13.1. The Labute approximate surface area is 175 Å². The third kappa shape index (κ3) is 3.94. The van der Waals surface area contributed by atoms with E-state index in [0.29, 0.717) is 22.6 Å². The van der Waals surface area contributed by atoms with Crippen LogP contribution in [0.5, 0.6) is 11.5 Å². The number of aryl methyl sites for hydroxylation is 2. The third-order valence-electron chi connectivity index (χ3n) is 4.68. The molecule has 1 N–H and O–H groups in total. The van der Waals surface area contributed by atoms with Crippen LogP contribution >= 0.6 is 0 Å². The Morgan fingerprint density at radius 1 is 1.03 bits per heavy atom. The summed E-state index contributed by atoms with van der Waals surface area (Å²) in [5, 5.41) is 0. The summed E-state index contributed by atoms with van der Waals surface area (Å²) in [6.45, 7) is 3.09. The van der Waals surface area contributed by atoms with Gasteiger partial charge in [-0.05, 0) is 49.2 Å². The minimum absolute atomic E-state index is 0.0137. The van der Waals surface area contributed by atoms with E-state index >= 15 is 0 Å². The fourth-order valence-corrected chi connectivity index (χ4v) is 6.39. The second-order valence-electron chi connectivity index (χ2n) is 6.80. The number of hydrogen-bond acceptors (Lipinski definition) is 7. The second kappa shape index (κ2) is 7.80. The van der Waals surface area contributed by atoms with Crippen molar-refractivity contribution in [2.24, 2.45) is 0 Å². The molecule has 0 radical (unpaired) electrons. The van der Waals surface area contributed by atoms with Gasteiger partial charge in [-0.2, -0.15) is 0 Å². The number of nitrogens with one attached hydrogen (secondary N) is 1. The maximum absolute atomic E-state index is 13.1. The van der Waals surface area contributed by atoms with Crippen molar-refractivity contribution in [2.45, 2.75) is 25.2 Å². The Kier molecular flexibility index (Phi) is 5.70. The highest BCUT2D eigenvalue weighted by Crippen LogP contribution is 2.34. The molecule has 0 aliphatic carbocycles. The molecular weight excluding hydrogens is 432 g/mol. The first kappa shape index (κ1) is 21.9. The van der Waals surface area contributed by atoms with Gasteiger partial charge in [0.25, 0.3) is 10.0 Å². The molecule has 1 heterocycles. The van der Waals surface area contributed by atoms with Crippen LogP contribution in [0, 0.1) is 13.8 Å². The molecule has 162 valence electrons. The maximum Gasteiger partial charge on any atom is 0.262 e. The van der Waals surface area contributed by atoms with E-state index in [2.05, 4.69) is 4.72 Å². The van der Waals surface area contributed by atoms with E-state index < -0.39 is 26.0 Å². The van der Waals surface area contributed by atoms with Gasteiger partial charge in [-0.1, -0.05) is 0 Å². The molecule has 0 aromatic heterocycles. The summed E-state index contributed by atoms with van der Waals surface area (Å²) < 4.78 is 64.2. The van der Waals surface area contributed by atoms with Crippen molar-refractivity contribution in [2.75, 3.05) is 29.0 Å². The Hall–Kier alpha value is -2.79. The second-order valence-corrected chi connectivity index (χ2v) is 10.4. The van der Waals surface area contributed by atoms with Crippen LogP contribution in [0.15, 0.2) is 35.2 Å². The van der Waals surface area contributed by atoms with Gasteiger partial charge >= 0.3 is 0 Å². The lowest BCUT2D eigenvalue weighted by Crippen LogP contribution is -2.29. The molecule has 3 rings (SSSR count). The van der Waals surface area contributed by atoms with Crippen molar-refractivity contribution in [3.05, 3.63) is 41.5 Å². The molecule has 0 spiro atoms. The van der Waals surface area contributed by atoms with E-state index in [4.69, 9.17) is 9.47 Å². The number of nitrogens with zero attached hydrogens (tertiary/aromatic N) is 1. The van der Waals surface area contributed by atoms with E-state index in [1.54, 1.807) is 26.0 Å². The summed E-state index contributed by atoms with van der Waals surface area (Å²) in [5.41, 5.74) is 0.922. The molecule has 1 fully saturated rings. The smallest absolute Gasteiger partial charge is 0.262 e. The Morgan fingerprint density at radius 3 is 2.17 bits per heavy atom. The fraction of sp³-hybridized carbons (Fsp3) is 0.316. The van der Waals surface area contributed by atoms with E-state index in [9.17, 15) is 21.6 Å². The molecule has 1 aliphatic rings. The third-order valence-corrected chi connectivity index (χ3v) is 8.04. The largest absolute Gasteiger partial charge is 0.497 e. The van der Waals surface area contributed by atoms with Crippen LogP contribution in [-0.2, 0) is 24.8 Å². The summed E-state index contributed by atoms with van der Waals surface area (Å²) in [4.78, 5) is 12.0. The number of ether oxygens (including phenoxy) is 2. The van der Waals surface area contributed by atoms with Gasteiger partial charge in [0.05, 0.1) is 36.2 Å². The number of methoxy groups -OCH3 is 2. The first-order chi connectivity index (χ1) is 14.0. The van der Waals surface area contributed by atoms with Gasteiger partial charge in [0, 0.05) is 12.5 Å². The number of anilines is 2. The molecule has 9 nitrogen and oxygen atoms in total. The van der Waals surface area contributed by atoms with E-state index in [0.717, 1.165) is 4.31 Å². The summed E-state index contributed by atoms with van der Waals surface area (Å²) in [6, 6.07) is 7.46. The average Bonchev–Trinajstić information content (AvgIpc) is 2.92. The minimum atomic E-state index is -4.05. The number of benzene rings is 2. The van der Waals surface area contributed by atoms with E-state index in [1.807, 2.05) is 0 Å². The fourth-order valence-electron chi connectivity index (χ4n) is 3.43. The van der Waals surface area contributed by atoms with E-state index in [1.165, 1.54) is 32.4 Å². The molecular formula is C19H22N2O7S2. The molecule has 11 heteroatoms. The summed E-state index contributed by atoms with van der Waals surface area (Å²) in [5.74, 6) is -0.0556. The normalized spacial score (nSPS) is 15.9. The van der Waals surface area contributed by atoms with Crippen molar-refractivity contribution in [3.8, 4) is 11.5 Å². The van der Waals surface area contributed by atoms with Crippen molar-refractivity contribution in [3.63, 3.8) is 0 Å². The lowest BCUT2D eigenvalue weighted by atomic mass is 10.1. The highest BCUT2D eigenvalue weighted by atomic mass is 32.2. The predicted octanol–water partition coefficient (Wildman–Crippen LogP) is 2.19. The standard InChI is InChI=1S/C19H22N2O7S2/c1-12-9-14(21-18(22)7-8-29(21,23)24)10-13(2)19(12)30(25,26)20-16-11-15(27-3)5-6-17(16)28-4/h5-6,9-11,20H,7-8H2,1-4H3. The summed E-state index contributed by atoms with van der Waals surface area (Å²) in [6.07, 6.45) is -0.0995. The van der Waals surface area contributed by atoms with E-state index in [-0.39, 0.29) is 28.4 Å². The Bertz CT molecular complexity index is 1200. The first-order valence-corrected chi connectivity index (χ1v) is 12.0. The van der Waals surface area contributed by atoms with Crippen LogP contribution in [-0.4, -0.2) is 42.7 Å². The predicted molar refractivity (Wildman–Crippen MR) is 112 cm³/mol. The highest BCUT2D eigenvalue weighted by molar-refractivity contribution is 7.94. The van der Waals surface area contributed by atoms with Gasteiger partial charge < -0.3 is 9.47 Å². The zero-order chi connectivity index (χ0) is 22.3. The van der Waals surface area contributed by atoms with Crippen molar-refractivity contribution < 1.29 is 31.1 Å². The van der Waals surface area contributed by atoms with Gasteiger partial charge in [0.2, 0.25) is 15.9 Å². The molecule has 2 aromatic rings. The number of sulfonamides is 2. The lowest BCUT2D eigenvalue weighted by Gasteiger charge is -2.20. The molecule has 1 amide bonds. The van der Waals surface area contributed by atoms with Gasteiger partial charge in [-0.3, -0.25) is 9.52 Å². The molecule has 0 bridgehead atoms. The zero-order valence-corrected chi connectivity index (χ0v) is 18.6. The molecule has 30 heavy (non-hydrogen) atoms. The monoisotopic (exact) mass is 454 g/mol. The van der Waals surface area contributed by atoms with Gasteiger partial charge in [-0.25, -0.2) is 21.1 Å². The van der Waals surface area contributed by atoms with Crippen molar-refractivity contribution in [1.29, 1.82) is 0 Å². The topological polar surface area (TPSA) is 119 Å². The lowest BCUT2D eigenvalue weighted by molar-refractivity contribution is -0.116. The Balaban J connectivity index is 2.05. The SMILES string of the molecule is COc1ccc(OC)c(NS(=O)(=O)c2c(C)cc(N3C(=O)CCS3(=O)=O)cc2C)c1. The van der Waals surface area contributed by atoms with Gasteiger partial charge in [0.1, 0.15) is 11.5 Å². The van der Waals surface area contributed by atoms with Crippen LogP contribution < -0.4 is 18.5 Å². The minimum Gasteiger partial charge on any atom is -0.497 e. The van der Waals surface area contributed by atoms with Gasteiger partial charge in [0.15, 0.2) is 0 Å². The number of carbonyl (C=O) groups excluding carboxylic acids is 1. The number of carbonyl (C=O) groups is 1. The molecule has 1 aliphatic heterocycles. The summed E-state index contributed by atoms with van der Waals surface area (Å²) in [7, 11) is -4.93. The quantitative estimate of drug-likeness (QED) is 0.710. The van der Waals surface area contributed by atoms with Crippen LogP contribution in [0.3, 0.4) is 0 Å². The zero-order valence-electron chi connectivity index (χ0n) is 16.9. The molecule has 0 unspecified atom stereocenters. The first-order valence-electron chi connectivity index (χ1n) is 8.92. The summed E-state index contributed by atoms with van der Waals surface area (Å²) >= 11 is 0. The molecule has 0 saturated carbocycles. The number of hydrogen-bond donors (Lipinski definition) is 1. The van der Waals surface area contributed by atoms with Crippen molar-refractivity contribution in [1.82, 2.24) is 0 Å². The number of amides is 1. The average molecular weight is 455 g/mol.